The standard InChI is InChI=1S/C9H9FO4/c1-14-7-3-2-5(10)4-6(7)8(11)9(12)13/h2-4,8,11H,1H3,(H,12,13). The molecule has 0 saturated heterocycles. The fourth-order valence-corrected chi connectivity index (χ4v) is 1.05. The first kappa shape index (κ1) is 10.5. The normalized spacial score (nSPS) is 12.2. The Hall–Kier alpha value is -1.62. The highest BCUT2D eigenvalue weighted by Crippen LogP contribution is 2.25. The van der Waals surface area contributed by atoms with E-state index in [0.717, 1.165) is 12.1 Å². The minimum atomic E-state index is -1.78. The SMILES string of the molecule is COc1ccc(F)cc1C(O)C(=O)O. The Bertz CT molecular complexity index is 351. The third-order valence-electron chi connectivity index (χ3n) is 1.72. The first-order chi connectivity index (χ1) is 6.56. The molecule has 76 valence electrons. The van der Waals surface area contributed by atoms with E-state index in [-0.39, 0.29) is 11.3 Å². The number of ether oxygens (including phenoxy) is 1. The first-order valence-corrected chi connectivity index (χ1v) is 3.80. The Morgan fingerprint density at radius 3 is 2.71 bits per heavy atom. The molecule has 0 spiro atoms. The van der Waals surface area contributed by atoms with Crippen LogP contribution in [0.5, 0.6) is 5.75 Å². The summed E-state index contributed by atoms with van der Waals surface area (Å²) in [6, 6.07) is 3.31. The van der Waals surface area contributed by atoms with E-state index in [1.54, 1.807) is 0 Å². The average molecular weight is 200 g/mol. The van der Waals surface area contributed by atoms with E-state index in [1.807, 2.05) is 0 Å². The molecule has 0 aliphatic heterocycles. The quantitative estimate of drug-likeness (QED) is 0.762. The van der Waals surface area contributed by atoms with Crippen LogP contribution in [-0.4, -0.2) is 23.3 Å². The summed E-state index contributed by atoms with van der Waals surface area (Å²) in [7, 11) is 1.31. The number of hydrogen-bond acceptors (Lipinski definition) is 3. The van der Waals surface area contributed by atoms with Crippen LogP contribution in [0.15, 0.2) is 18.2 Å². The molecule has 0 aliphatic rings. The summed E-state index contributed by atoms with van der Waals surface area (Å²) >= 11 is 0. The van der Waals surface area contributed by atoms with Crippen LogP contribution >= 0.6 is 0 Å². The van der Waals surface area contributed by atoms with Crippen molar-refractivity contribution < 1.29 is 24.1 Å². The molecule has 5 heteroatoms. The zero-order valence-electron chi connectivity index (χ0n) is 7.40. The Labute approximate surface area is 79.6 Å². The average Bonchev–Trinajstić information content (AvgIpc) is 2.16. The third kappa shape index (κ3) is 2.00. The molecule has 1 rings (SSSR count). The van der Waals surface area contributed by atoms with Gasteiger partial charge in [-0.1, -0.05) is 0 Å². The Morgan fingerprint density at radius 2 is 2.21 bits per heavy atom. The van der Waals surface area contributed by atoms with Gasteiger partial charge in [0, 0.05) is 5.56 Å². The maximum Gasteiger partial charge on any atom is 0.337 e. The minimum absolute atomic E-state index is 0.0972. The molecule has 0 heterocycles. The van der Waals surface area contributed by atoms with Gasteiger partial charge in [0.15, 0.2) is 6.10 Å². The van der Waals surface area contributed by atoms with Crippen molar-refractivity contribution in [1.82, 2.24) is 0 Å². The molecule has 1 aromatic carbocycles. The molecule has 0 amide bonds. The summed E-state index contributed by atoms with van der Waals surface area (Å²) in [5.74, 6) is -1.93. The van der Waals surface area contributed by atoms with Crippen molar-refractivity contribution in [3.05, 3.63) is 29.6 Å². The summed E-state index contributed by atoms with van der Waals surface area (Å²) in [6.07, 6.45) is -1.78. The van der Waals surface area contributed by atoms with Crippen LogP contribution in [0.4, 0.5) is 4.39 Å². The zero-order valence-corrected chi connectivity index (χ0v) is 7.40. The van der Waals surface area contributed by atoms with Gasteiger partial charge in [0.25, 0.3) is 0 Å². The zero-order chi connectivity index (χ0) is 10.7. The summed E-state index contributed by atoms with van der Waals surface area (Å²) < 4.78 is 17.5. The summed E-state index contributed by atoms with van der Waals surface area (Å²) in [6.45, 7) is 0. The molecule has 2 N–H and O–H groups in total. The van der Waals surface area contributed by atoms with Gasteiger partial charge in [0.1, 0.15) is 11.6 Å². The third-order valence-corrected chi connectivity index (χ3v) is 1.72. The number of halogens is 1. The fraction of sp³-hybridized carbons (Fsp3) is 0.222. The van der Waals surface area contributed by atoms with E-state index in [0.29, 0.717) is 0 Å². The molecular formula is C9H9FO4. The van der Waals surface area contributed by atoms with Crippen molar-refractivity contribution in [2.75, 3.05) is 7.11 Å². The lowest BCUT2D eigenvalue weighted by atomic mass is 10.1. The number of carboxylic acids is 1. The van der Waals surface area contributed by atoms with Crippen molar-refractivity contribution in [3.63, 3.8) is 0 Å². The van der Waals surface area contributed by atoms with Gasteiger partial charge >= 0.3 is 5.97 Å². The largest absolute Gasteiger partial charge is 0.496 e. The number of methoxy groups -OCH3 is 1. The smallest absolute Gasteiger partial charge is 0.337 e. The van der Waals surface area contributed by atoms with E-state index in [2.05, 4.69) is 0 Å². The van der Waals surface area contributed by atoms with Crippen LogP contribution in [0.2, 0.25) is 0 Å². The molecule has 0 saturated carbocycles. The lowest BCUT2D eigenvalue weighted by Crippen LogP contribution is -2.11. The highest BCUT2D eigenvalue weighted by Gasteiger charge is 2.20. The van der Waals surface area contributed by atoms with Crippen LogP contribution in [0.1, 0.15) is 11.7 Å². The molecule has 1 atom stereocenters. The van der Waals surface area contributed by atoms with Crippen molar-refractivity contribution in [1.29, 1.82) is 0 Å². The van der Waals surface area contributed by atoms with Crippen molar-refractivity contribution >= 4 is 5.97 Å². The first-order valence-electron chi connectivity index (χ1n) is 3.80. The molecule has 14 heavy (non-hydrogen) atoms. The van der Waals surface area contributed by atoms with Crippen LogP contribution in [-0.2, 0) is 4.79 Å². The van der Waals surface area contributed by atoms with Gasteiger partial charge in [0.2, 0.25) is 0 Å². The number of hydrogen-bond donors (Lipinski definition) is 2. The second kappa shape index (κ2) is 4.06. The van der Waals surface area contributed by atoms with Crippen LogP contribution in [0.3, 0.4) is 0 Å². The number of carbonyl (C=O) groups is 1. The fourth-order valence-electron chi connectivity index (χ4n) is 1.05. The highest BCUT2D eigenvalue weighted by atomic mass is 19.1. The summed E-state index contributed by atoms with van der Waals surface area (Å²) in [5, 5.41) is 17.7. The van der Waals surface area contributed by atoms with Gasteiger partial charge in [-0.3, -0.25) is 0 Å². The van der Waals surface area contributed by atoms with E-state index in [9.17, 15) is 14.3 Å². The number of aliphatic hydroxyl groups excluding tert-OH is 1. The molecule has 0 bridgehead atoms. The Balaban J connectivity index is 3.16. The maximum atomic E-state index is 12.7. The molecule has 0 aromatic heterocycles. The molecule has 0 fully saturated rings. The molecule has 4 nitrogen and oxygen atoms in total. The van der Waals surface area contributed by atoms with Gasteiger partial charge in [-0.2, -0.15) is 0 Å². The molecule has 1 unspecified atom stereocenters. The lowest BCUT2D eigenvalue weighted by Gasteiger charge is -2.10. The van der Waals surface area contributed by atoms with Crippen molar-refractivity contribution in [2.45, 2.75) is 6.10 Å². The highest BCUT2D eigenvalue weighted by molar-refractivity contribution is 5.75. The predicted octanol–water partition coefficient (Wildman–Crippen LogP) is 0.952. The van der Waals surface area contributed by atoms with Gasteiger partial charge in [-0.15, -0.1) is 0 Å². The van der Waals surface area contributed by atoms with E-state index >= 15 is 0 Å². The van der Waals surface area contributed by atoms with Crippen LogP contribution in [0.25, 0.3) is 0 Å². The Morgan fingerprint density at radius 1 is 1.57 bits per heavy atom. The second-order valence-corrected chi connectivity index (χ2v) is 2.63. The van der Waals surface area contributed by atoms with E-state index < -0.39 is 17.9 Å². The predicted molar refractivity (Wildman–Crippen MR) is 45.5 cm³/mol. The number of rotatable bonds is 3. The number of aliphatic hydroxyl groups is 1. The van der Waals surface area contributed by atoms with Crippen molar-refractivity contribution in [2.24, 2.45) is 0 Å². The van der Waals surface area contributed by atoms with E-state index in [4.69, 9.17) is 9.84 Å². The van der Waals surface area contributed by atoms with Gasteiger partial charge in [0.05, 0.1) is 7.11 Å². The van der Waals surface area contributed by atoms with Gasteiger partial charge in [-0.05, 0) is 18.2 Å². The molecule has 1 aromatic rings. The van der Waals surface area contributed by atoms with Crippen LogP contribution < -0.4 is 4.74 Å². The molecule has 0 aliphatic carbocycles. The van der Waals surface area contributed by atoms with Crippen LogP contribution in [0, 0.1) is 5.82 Å². The second-order valence-electron chi connectivity index (χ2n) is 2.63. The summed E-state index contributed by atoms with van der Waals surface area (Å²) in [4.78, 5) is 10.5. The molecule has 0 radical (unpaired) electrons. The van der Waals surface area contributed by atoms with Crippen molar-refractivity contribution in [3.8, 4) is 5.75 Å². The Kier molecular flexibility index (Phi) is 3.03. The number of benzene rings is 1. The van der Waals surface area contributed by atoms with Gasteiger partial charge in [-0.25, -0.2) is 9.18 Å². The van der Waals surface area contributed by atoms with Gasteiger partial charge < -0.3 is 14.9 Å². The molecular weight excluding hydrogens is 191 g/mol. The number of carboxylic acid groups (broad SMARTS) is 1. The number of aliphatic carboxylic acids is 1. The monoisotopic (exact) mass is 200 g/mol. The minimum Gasteiger partial charge on any atom is -0.496 e. The summed E-state index contributed by atoms with van der Waals surface area (Å²) in [5.41, 5.74) is -0.0972. The maximum absolute atomic E-state index is 12.7. The van der Waals surface area contributed by atoms with E-state index in [1.165, 1.54) is 13.2 Å². The lowest BCUT2D eigenvalue weighted by molar-refractivity contribution is -0.147. The topological polar surface area (TPSA) is 66.8 Å².